The van der Waals surface area contributed by atoms with Gasteiger partial charge in [-0.15, -0.1) is 13.2 Å². The van der Waals surface area contributed by atoms with Gasteiger partial charge in [0.15, 0.2) is 5.75 Å². The van der Waals surface area contributed by atoms with Crippen LogP contribution in [0.25, 0.3) is 0 Å². The molecule has 0 amide bonds. The van der Waals surface area contributed by atoms with Crippen molar-refractivity contribution in [3.8, 4) is 5.75 Å². The summed E-state index contributed by atoms with van der Waals surface area (Å²) in [6.45, 7) is 0. The number of pyridine rings is 1. The summed E-state index contributed by atoms with van der Waals surface area (Å²) in [5.41, 5.74) is 4.60. The average molecular weight is 277 g/mol. The van der Waals surface area contributed by atoms with Crippen molar-refractivity contribution in [3.63, 3.8) is 0 Å². The van der Waals surface area contributed by atoms with Crippen LogP contribution in [0.5, 0.6) is 5.75 Å². The Balaban J connectivity index is 3.36. The molecule has 0 unspecified atom stereocenters. The fraction of sp³-hybridized carbons (Fsp3) is 0.167. The summed E-state index contributed by atoms with van der Waals surface area (Å²) in [4.78, 5) is 3.17. The van der Waals surface area contributed by atoms with Gasteiger partial charge in [-0.05, 0) is 6.07 Å². The van der Waals surface area contributed by atoms with E-state index in [4.69, 9.17) is 16.4 Å². The van der Waals surface area contributed by atoms with Crippen LogP contribution in [-0.2, 0) is 9.05 Å². The lowest BCUT2D eigenvalue weighted by atomic mass is 10.4. The van der Waals surface area contributed by atoms with Gasteiger partial charge in [-0.1, -0.05) is 0 Å². The summed E-state index contributed by atoms with van der Waals surface area (Å²) in [6.07, 6.45) is -4.19. The third-order valence-corrected chi connectivity index (χ3v) is 2.54. The standard InChI is InChI=1S/C6H4ClF3N2O3S/c7-16(13,14)5-4(15-6(8,9)10)3(11)1-2-12-5/h1-2H,(H2,11,12). The normalized spacial score (nSPS) is 12.5. The Morgan fingerprint density at radius 2 is 2.00 bits per heavy atom. The summed E-state index contributed by atoms with van der Waals surface area (Å²) >= 11 is 0. The molecule has 0 aliphatic heterocycles. The number of aromatic nitrogens is 1. The number of rotatable bonds is 2. The highest BCUT2D eigenvalue weighted by molar-refractivity contribution is 8.13. The van der Waals surface area contributed by atoms with Gasteiger partial charge in [0.25, 0.3) is 9.05 Å². The molecule has 0 aliphatic carbocycles. The third kappa shape index (κ3) is 3.14. The Bertz CT molecular complexity index is 502. The van der Waals surface area contributed by atoms with Gasteiger partial charge in [-0.2, -0.15) is 0 Å². The van der Waals surface area contributed by atoms with E-state index in [1.54, 1.807) is 0 Å². The maximum absolute atomic E-state index is 11.9. The average Bonchev–Trinajstić information content (AvgIpc) is 2.04. The molecule has 0 radical (unpaired) electrons. The van der Waals surface area contributed by atoms with E-state index in [1.165, 1.54) is 0 Å². The van der Waals surface area contributed by atoms with Gasteiger partial charge < -0.3 is 10.5 Å². The number of hydrogen-bond donors (Lipinski definition) is 1. The maximum Gasteiger partial charge on any atom is 0.573 e. The summed E-state index contributed by atoms with van der Waals surface area (Å²) in [5, 5.41) is -1.08. The minimum Gasteiger partial charge on any atom is -0.400 e. The smallest absolute Gasteiger partial charge is 0.400 e. The molecule has 16 heavy (non-hydrogen) atoms. The quantitative estimate of drug-likeness (QED) is 0.828. The second-order valence-electron chi connectivity index (χ2n) is 2.52. The van der Waals surface area contributed by atoms with E-state index in [0.717, 1.165) is 12.3 Å². The molecule has 10 heteroatoms. The summed E-state index contributed by atoms with van der Waals surface area (Å²) in [6, 6.07) is 0.951. The molecule has 2 N–H and O–H groups in total. The molecule has 1 heterocycles. The van der Waals surface area contributed by atoms with Crippen molar-refractivity contribution in [2.24, 2.45) is 0 Å². The van der Waals surface area contributed by atoms with E-state index >= 15 is 0 Å². The van der Waals surface area contributed by atoms with Crippen LogP contribution in [-0.4, -0.2) is 19.8 Å². The van der Waals surface area contributed by atoms with E-state index in [0.29, 0.717) is 0 Å². The van der Waals surface area contributed by atoms with Crippen molar-refractivity contribution < 1.29 is 26.3 Å². The zero-order valence-electron chi connectivity index (χ0n) is 7.32. The fourth-order valence-electron chi connectivity index (χ4n) is 0.835. The molecule has 0 spiro atoms. The van der Waals surface area contributed by atoms with Crippen molar-refractivity contribution in [2.75, 3.05) is 5.73 Å². The number of nitrogen functional groups attached to an aromatic ring is 1. The monoisotopic (exact) mass is 276 g/mol. The molecule has 0 aromatic carbocycles. The second kappa shape index (κ2) is 3.98. The van der Waals surface area contributed by atoms with E-state index in [-0.39, 0.29) is 0 Å². The van der Waals surface area contributed by atoms with Gasteiger partial charge in [0.1, 0.15) is 0 Å². The largest absolute Gasteiger partial charge is 0.573 e. The Morgan fingerprint density at radius 1 is 1.44 bits per heavy atom. The number of anilines is 1. The van der Waals surface area contributed by atoms with Crippen LogP contribution in [0.1, 0.15) is 0 Å². The molecule has 1 rings (SSSR count). The summed E-state index contributed by atoms with van der Waals surface area (Å²) in [7, 11) is 0.399. The molecule has 1 aromatic heterocycles. The highest BCUT2D eigenvalue weighted by Gasteiger charge is 2.35. The van der Waals surface area contributed by atoms with Gasteiger partial charge in [0.2, 0.25) is 5.03 Å². The summed E-state index contributed by atoms with van der Waals surface area (Å²) < 4.78 is 61.1. The first kappa shape index (κ1) is 12.8. The van der Waals surface area contributed by atoms with E-state index in [1.807, 2.05) is 0 Å². The lowest BCUT2D eigenvalue weighted by Crippen LogP contribution is -2.20. The molecule has 1 aromatic rings. The topological polar surface area (TPSA) is 82.3 Å². The van der Waals surface area contributed by atoms with Crippen LogP contribution in [0.2, 0.25) is 0 Å². The highest BCUT2D eigenvalue weighted by atomic mass is 35.7. The summed E-state index contributed by atoms with van der Waals surface area (Å²) in [5.74, 6) is -1.13. The molecule has 0 atom stereocenters. The SMILES string of the molecule is Nc1ccnc(S(=O)(=O)Cl)c1OC(F)(F)F. The van der Waals surface area contributed by atoms with Gasteiger partial charge in [-0.25, -0.2) is 13.4 Å². The Morgan fingerprint density at radius 3 is 2.44 bits per heavy atom. The maximum atomic E-state index is 11.9. The number of halogens is 4. The van der Waals surface area contributed by atoms with Crippen LogP contribution >= 0.6 is 10.7 Å². The van der Waals surface area contributed by atoms with Gasteiger partial charge in [0.05, 0.1) is 5.69 Å². The number of alkyl halides is 3. The predicted molar refractivity (Wildman–Crippen MR) is 48.4 cm³/mol. The predicted octanol–water partition coefficient (Wildman–Crippen LogP) is 1.49. The zero-order chi connectivity index (χ0) is 12.6. The lowest BCUT2D eigenvalue weighted by Gasteiger charge is -2.12. The minimum atomic E-state index is -5.09. The number of nitrogens with two attached hydrogens (primary N) is 1. The Hall–Kier alpha value is -1.22. The minimum absolute atomic E-state index is 0.536. The van der Waals surface area contributed by atoms with Crippen LogP contribution in [0, 0.1) is 0 Å². The first-order chi connectivity index (χ1) is 7.11. The Labute approximate surface area is 92.4 Å². The van der Waals surface area contributed by atoms with Crippen molar-refractivity contribution in [1.29, 1.82) is 0 Å². The second-order valence-corrected chi connectivity index (χ2v) is 5.00. The van der Waals surface area contributed by atoms with E-state index < -0.39 is 31.9 Å². The Kier molecular flexibility index (Phi) is 3.20. The van der Waals surface area contributed by atoms with Crippen molar-refractivity contribution in [2.45, 2.75) is 11.4 Å². The number of ether oxygens (including phenoxy) is 1. The molecule has 0 saturated carbocycles. The van der Waals surface area contributed by atoms with E-state index in [2.05, 4.69) is 9.72 Å². The highest BCUT2D eigenvalue weighted by Crippen LogP contribution is 2.34. The van der Waals surface area contributed by atoms with Crippen LogP contribution in [0.3, 0.4) is 0 Å². The van der Waals surface area contributed by atoms with Crippen molar-refractivity contribution in [3.05, 3.63) is 12.3 Å². The molecular formula is C6H4ClF3N2O3S. The van der Waals surface area contributed by atoms with E-state index in [9.17, 15) is 21.6 Å². The molecule has 0 fully saturated rings. The molecule has 90 valence electrons. The van der Waals surface area contributed by atoms with Gasteiger partial charge in [-0.3, -0.25) is 0 Å². The van der Waals surface area contributed by atoms with Gasteiger partial charge in [0, 0.05) is 16.9 Å². The fourth-order valence-corrected chi connectivity index (χ4v) is 1.73. The molecule has 5 nitrogen and oxygen atoms in total. The first-order valence-corrected chi connectivity index (χ1v) is 5.87. The van der Waals surface area contributed by atoms with Crippen LogP contribution < -0.4 is 10.5 Å². The molecule has 0 bridgehead atoms. The first-order valence-electron chi connectivity index (χ1n) is 3.56. The third-order valence-electron chi connectivity index (χ3n) is 1.35. The molecular weight excluding hydrogens is 273 g/mol. The molecule has 0 aliphatic rings. The zero-order valence-corrected chi connectivity index (χ0v) is 8.90. The number of hydrogen-bond acceptors (Lipinski definition) is 5. The van der Waals surface area contributed by atoms with Crippen molar-refractivity contribution in [1.82, 2.24) is 4.98 Å². The molecule has 0 saturated heterocycles. The lowest BCUT2D eigenvalue weighted by molar-refractivity contribution is -0.275. The van der Waals surface area contributed by atoms with Gasteiger partial charge >= 0.3 is 6.36 Å². The van der Waals surface area contributed by atoms with Crippen LogP contribution in [0.4, 0.5) is 18.9 Å². The van der Waals surface area contributed by atoms with Crippen LogP contribution in [0.15, 0.2) is 17.3 Å². The number of nitrogens with zero attached hydrogens (tertiary/aromatic N) is 1. The van der Waals surface area contributed by atoms with Crippen molar-refractivity contribution >= 4 is 25.4 Å².